The van der Waals surface area contributed by atoms with Gasteiger partial charge in [-0.3, -0.25) is 10.1 Å². The molecule has 1 aliphatic carbocycles. The maximum Gasteiger partial charge on any atom is 0.430 e. The number of hydrogen-bond acceptors (Lipinski definition) is 7. The van der Waals surface area contributed by atoms with Gasteiger partial charge in [-0.1, -0.05) is 24.4 Å². The van der Waals surface area contributed by atoms with Gasteiger partial charge in [0.05, 0.1) is 16.2 Å². The first-order valence-electron chi connectivity index (χ1n) is 9.80. The number of allylic oxidation sites excluding steroid dienone is 4. The summed E-state index contributed by atoms with van der Waals surface area (Å²) in [5, 5.41) is 20.3. The highest BCUT2D eigenvalue weighted by atomic mass is 32.2. The Morgan fingerprint density at radius 3 is 1.89 bits per heavy atom. The van der Waals surface area contributed by atoms with Crippen molar-refractivity contribution >= 4 is 32.8 Å². The Morgan fingerprint density at radius 1 is 0.943 bits per heavy atom. The van der Waals surface area contributed by atoms with E-state index in [-0.39, 0.29) is 53.8 Å². The van der Waals surface area contributed by atoms with Crippen LogP contribution in [0.25, 0.3) is 0 Å². The van der Waals surface area contributed by atoms with Gasteiger partial charge in [-0.05, 0) is 18.2 Å². The predicted octanol–water partition coefficient (Wildman–Crippen LogP) is 3.27. The molecular weight excluding hydrogens is 528 g/mol. The Bertz CT molecular complexity index is 1170. The average molecular weight is 545 g/mol. The maximum absolute atomic E-state index is 13.0. The van der Waals surface area contributed by atoms with Gasteiger partial charge in [0.25, 0.3) is 11.3 Å². The first-order chi connectivity index (χ1) is 16.0. The minimum absolute atomic E-state index is 0.0530. The highest BCUT2D eigenvalue weighted by Crippen LogP contribution is 2.50. The molecule has 8 nitrogen and oxygen atoms in total. The number of piperazine rings is 1. The first-order valence-corrected chi connectivity index (χ1v) is 11.6. The lowest BCUT2D eigenvalue weighted by atomic mass is 9.92. The second-order valence-electron chi connectivity index (χ2n) is 7.69. The monoisotopic (exact) mass is 545 g/mol. The number of aliphatic hydroxyl groups is 1. The predicted molar refractivity (Wildman–Crippen MR) is 116 cm³/mol. The molecule has 1 saturated heterocycles. The van der Waals surface area contributed by atoms with Gasteiger partial charge in [0.2, 0.25) is 10.0 Å². The number of thiocarbonyl (C=S) groups is 1. The van der Waals surface area contributed by atoms with Crippen molar-refractivity contribution in [1.29, 1.82) is 0 Å². The molecule has 0 aromatic heterocycles. The molecule has 0 atom stereocenters. The van der Waals surface area contributed by atoms with Crippen molar-refractivity contribution in [3.8, 4) is 0 Å². The number of rotatable bonds is 5. The van der Waals surface area contributed by atoms with Gasteiger partial charge in [-0.25, -0.2) is 8.42 Å². The van der Waals surface area contributed by atoms with Crippen molar-refractivity contribution < 1.29 is 44.8 Å². The summed E-state index contributed by atoms with van der Waals surface area (Å²) < 4.78 is 105. The van der Waals surface area contributed by atoms with Crippen LogP contribution in [-0.2, 0) is 15.6 Å². The molecule has 192 valence electrons. The molecule has 0 spiro atoms. The van der Waals surface area contributed by atoms with Crippen molar-refractivity contribution in [3.05, 3.63) is 62.7 Å². The van der Waals surface area contributed by atoms with E-state index in [1.165, 1.54) is 0 Å². The highest BCUT2D eigenvalue weighted by molar-refractivity contribution is 7.96. The van der Waals surface area contributed by atoms with Gasteiger partial charge >= 0.3 is 12.4 Å². The highest BCUT2D eigenvalue weighted by Gasteiger charge is 2.71. The third-order valence-corrected chi connectivity index (χ3v) is 8.08. The second-order valence-corrected chi connectivity index (χ2v) is 10.1. The summed E-state index contributed by atoms with van der Waals surface area (Å²) >= 11 is 5.02. The normalized spacial score (nSPS) is 18.8. The molecule has 0 unspecified atom stereocenters. The molecule has 0 bridgehead atoms. The number of benzene rings is 1. The van der Waals surface area contributed by atoms with Crippen LogP contribution in [-0.4, -0.2) is 66.1 Å². The molecule has 2 aliphatic rings. The number of nitro groups is 1. The van der Waals surface area contributed by atoms with Gasteiger partial charge in [0, 0.05) is 48.4 Å². The van der Waals surface area contributed by atoms with Gasteiger partial charge in [0.15, 0.2) is 0 Å². The molecule has 1 aliphatic heterocycles. The van der Waals surface area contributed by atoms with E-state index in [0.29, 0.717) is 12.1 Å². The van der Waals surface area contributed by atoms with Crippen molar-refractivity contribution in [2.75, 3.05) is 31.1 Å². The van der Waals surface area contributed by atoms with E-state index in [1.54, 1.807) is 4.90 Å². The van der Waals surface area contributed by atoms with E-state index in [4.69, 9.17) is 12.2 Å². The molecule has 0 amide bonds. The molecular formula is C19H17F6N3O5S2. The van der Waals surface area contributed by atoms with Gasteiger partial charge in [0.1, 0.15) is 0 Å². The van der Waals surface area contributed by atoms with Crippen molar-refractivity contribution in [1.82, 2.24) is 4.31 Å². The largest absolute Gasteiger partial charge is 0.430 e. The molecule has 16 heteroatoms. The number of sulfonamides is 1. The summed E-state index contributed by atoms with van der Waals surface area (Å²) in [6.07, 6.45) is -10.2. The van der Waals surface area contributed by atoms with Crippen molar-refractivity contribution in [3.63, 3.8) is 0 Å². The van der Waals surface area contributed by atoms with Crippen LogP contribution in [0.2, 0.25) is 0 Å². The standard InChI is InChI=1S/C19H17F6N3O5S2/c20-18(21,22)17(29,19(23,24)25)12-1-3-13(4-2-12)26-7-9-27(10-8-26)35(32,33)16-6-5-14(28(30)31)11-15(16)34/h1-6,29H,7-11H2. The van der Waals surface area contributed by atoms with Crippen LogP contribution < -0.4 is 4.90 Å². The lowest BCUT2D eigenvalue weighted by Gasteiger charge is -2.36. The van der Waals surface area contributed by atoms with E-state index in [1.807, 2.05) is 0 Å². The molecule has 1 aromatic carbocycles. The average Bonchev–Trinajstić information content (AvgIpc) is 2.77. The fourth-order valence-electron chi connectivity index (χ4n) is 3.66. The summed E-state index contributed by atoms with van der Waals surface area (Å²) in [7, 11) is -4.07. The first kappa shape index (κ1) is 27.0. The smallest absolute Gasteiger partial charge is 0.369 e. The van der Waals surface area contributed by atoms with Crippen LogP contribution in [0.15, 0.2) is 47.0 Å². The van der Waals surface area contributed by atoms with Crippen LogP contribution in [0.1, 0.15) is 12.0 Å². The Kier molecular flexibility index (Phi) is 7.06. The van der Waals surface area contributed by atoms with E-state index in [0.717, 1.165) is 28.6 Å². The zero-order chi connectivity index (χ0) is 26.4. The van der Waals surface area contributed by atoms with E-state index < -0.39 is 38.5 Å². The zero-order valence-electron chi connectivity index (χ0n) is 17.5. The topological polar surface area (TPSA) is 104 Å². The molecule has 1 aromatic rings. The molecule has 35 heavy (non-hydrogen) atoms. The van der Waals surface area contributed by atoms with Crippen LogP contribution in [0.4, 0.5) is 32.0 Å². The van der Waals surface area contributed by atoms with Gasteiger partial charge < -0.3 is 10.0 Å². The lowest BCUT2D eigenvalue weighted by Crippen LogP contribution is -2.54. The van der Waals surface area contributed by atoms with Crippen molar-refractivity contribution in [2.45, 2.75) is 24.4 Å². The minimum Gasteiger partial charge on any atom is -0.369 e. The number of anilines is 1. The number of halogens is 6. The maximum atomic E-state index is 13.0. The zero-order valence-corrected chi connectivity index (χ0v) is 19.1. The Labute approximate surface area is 200 Å². The fourth-order valence-corrected chi connectivity index (χ4v) is 5.71. The van der Waals surface area contributed by atoms with E-state index >= 15 is 0 Å². The van der Waals surface area contributed by atoms with Gasteiger partial charge in [-0.15, -0.1) is 0 Å². The summed E-state index contributed by atoms with van der Waals surface area (Å²) in [6, 6.07) is 2.99. The molecule has 0 saturated carbocycles. The quantitative estimate of drug-likeness (QED) is 0.262. The lowest BCUT2D eigenvalue weighted by molar-refractivity contribution is -0.426. The van der Waals surface area contributed by atoms with E-state index in [2.05, 4.69) is 0 Å². The van der Waals surface area contributed by atoms with Gasteiger partial charge in [-0.2, -0.15) is 30.6 Å². The Morgan fingerprint density at radius 2 is 1.46 bits per heavy atom. The molecule has 1 N–H and O–H groups in total. The summed E-state index contributed by atoms with van der Waals surface area (Å²) in [4.78, 5) is 11.4. The fraction of sp³-hybridized carbons (Fsp3) is 0.421. The van der Waals surface area contributed by atoms with E-state index in [9.17, 15) is 50.0 Å². The minimum atomic E-state index is -6.00. The Hall–Kier alpha value is -2.56. The van der Waals surface area contributed by atoms with Crippen LogP contribution in [0.5, 0.6) is 0 Å². The van der Waals surface area contributed by atoms with Crippen LogP contribution >= 0.6 is 12.2 Å². The molecule has 1 heterocycles. The molecule has 1 fully saturated rings. The summed E-state index contributed by atoms with van der Waals surface area (Å²) in [5.41, 5.74) is -6.46. The summed E-state index contributed by atoms with van der Waals surface area (Å²) in [5.74, 6) is 0. The number of nitrogens with zero attached hydrogens (tertiary/aromatic N) is 3. The van der Waals surface area contributed by atoms with Crippen molar-refractivity contribution in [2.24, 2.45) is 0 Å². The number of hydrogen-bond donors (Lipinski definition) is 1. The second kappa shape index (κ2) is 9.15. The Balaban J connectivity index is 1.75. The molecule has 3 rings (SSSR count). The number of alkyl halides is 6. The third kappa shape index (κ3) is 4.92. The van der Waals surface area contributed by atoms with Crippen LogP contribution in [0.3, 0.4) is 0 Å². The molecule has 0 radical (unpaired) electrons. The van der Waals surface area contributed by atoms with Crippen LogP contribution in [0, 0.1) is 10.1 Å². The summed E-state index contributed by atoms with van der Waals surface area (Å²) in [6.45, 7) is -0.0510. The third-order valence-electron chi connectivity index (χ3n) is 5.61. The SMILES string of the molecule is O=[N+]([O-])C1=CC=C(S(=O)(=O)N2CCN(c3ccc(C(O)(C(F)(F)F)C(F)(F)F)cc3)CC2)C(=S)C1.